The normalized spacial score (nSPS) is 18.6. The van der Waals surface area contributed by atoms with Gasteiger partial charge < -0.3 is 5.11 Å². The Labute approximate surface area is 119 Å². The summed E-state index contributed by atoms with van der Waals surface area (Å²) in [5.41, 5.74) is 0.0676. The SMILES string of the molecule is OC1CCn2nc(Cc3ccc(C(F)(F)F)cc3)nc2C1. The molecule has 1 aromatic carbocycles. The van der Waals surface area contributed by atoms with Gasteiger partial charge in [-0.15, -0.1) is 0 Å². The van der Waals surface area contributed by atoms with Crippen molar-refractivity contribution in [3.63, 3.8) is 0 Å². The standard InChI is InChI=1S/C14H14F3N3O/c15-14(16,17)10-3-1-9(2-4-10)7-12-18-13-8-11(21)5-6-20(13)19-12/h1-4,11,21H,5-8H2. The van der Waals surface area contributed by atoms with Crippen molar-refractivity contribution in [1.82, 2.24) is 14.8 Å². The lowest BCUT2D eigenvalue weighted by atomic mass is 10.1. The van der Waals surface area contributed by atoms with Crippen molar-refractivity contribution >= 4 is 0 Å². The van der Waals surface area contributed by atoms with Crippen LogP contribution in [-0.4, -0.2) is 26.0 Å². The second-order valence-electron chi connectivity index (χ2n) is 5.19. The van der Waals surface area contributed by atoms with Crippen LogP contribution in [0.25, 0.3) is 0 Å². The van der Waals surface area contributed by atoms with E-state index in [2.05, 4.69) is 10.1 Å². The second kappa shape index (κ2) is 5.14. The van der Waals surface area contributed by atoms with E-state index in [0.717, 1.165) is 23.5 Å². The molecule has 1 unspecified atom stereocenters. The maximum absolute atomic E-state index is 12.5. The summed E-state index contributed by atoms with van der Waals surface area (Å²) in [4.78, 5) is 4.34. The summed E-state index contributed by atoms with van der Waals surface area (Å²) in [7, 11) is 0. The fourth-order valence-corrected chi connectivity index (χ4v) is 2.41. The minimum absolute atomic E-state index is 0.383. The van der Waals surface area contributed by atoms with E-state index in [1.807, 2.05) is 0 Å². The molecule has 2 aromatic rings. The maximum Gasteiger partial charge on any atom is 0.416 e. The number of hydrogen-bond donors (Lipinski definition) is 1. The number of aliphatic hydroxyl groups is 1. The van der Waals surface area contributed by atoms with E-state index in [-0.39, 0.29) is 6.10 Å². The third kappa shape index (κ3) is 3.07. The van der Waals surface area contributed by atoms with Crippen molar-refractivity contribution in [3.05, 3.63) is 47.0 Å². The number of benzene rings is 1. The van der Waals surface area contributed by atoms with E-state index < -0.39 is 11.7 Å². The van der Waals surface area contributed by atoms with Gasteiger partial charge in [0.1, 0.15) is 5.82 Å². The molecule has 0 saturated carbocycles. The summed E-state index contributed by atoms with van der Waals surface area (Å²) in [6.45, 7) is 0.622. The van der Waals surface area contributed by atoms with Crippen LogP contribution in [0, 0.1) is 0 Å². The van der Waals surface area contributed by atoms with Gasteiger partial charge in [-0.25, -0.2) is 9.67 Å². The molecule has 1 atom stereocenters. The van der Waals surface area contributed by atoms with E-state index in [1.165, 1.54) is 12.1 Å². The van der Waals surface area contributed by atoms with Crippen molar-refractivity contribution in [1.29, 1.82) is 0 Å². The lowest BCUT2D eigenvalue weighted by Gasteiger charge is -2.16. The quantitative estimate of drug-likeness (QED) is 0.924. The number of aliphatic hydroxyl groups excluding tert-OH is 1. The van der Waals surface area contributed by atoms with Crippen molar-refractivity contribution in [2.45, 2.75) is 38.1 Å². The fourth-order valence-electron chi connectivity index (χ4n) is 2.41. The number of hydrogen-bond acceptors (Lipinski definition) is 3. The van der Waals surface area contributed by atoms with Gasteiger partial charge in [-0.1, -0.05) is 12.1 Å². The lowest BCUT2D eigenvalue weighted by Crippen LogP contribution is -2.23. The zero-order valence-electron chi connectivity index (χ0n) is 11.1. The third-order valence-corrected chi connectivity index (χ3v) is 3.53. The number of halogens is 3. The van der Waals surface area contributed by atoms with E-state index in [4.69, 9.17) is 0 Å². The van der Waals surface area contributed by atoms with Gasteiger partial charge in [0.15, 0.2) is 5.82 Å². The predicted octanol–water partition coefficient (Wildman–Crippen LogP) is 2.19. The molecule has 0 fully saturated rings. The van der Waals surface area contributed by atoms with E-state index >= 15 is 0 Å². The Bertz CT molecular complexity index is 634. The molecule has 1 aromatic heterocycles. The molecule has 0 aliphatic carbocycles. The highest BCUT2D eigenvalue weighted by Gasteiger charge is 2.30. The molecule has 0 radical (unpaired) electrons. The lowest BCUT2D eigenvalue weighted by molar-refractivity contribution is -0.137. The first-order valence-corrected chi connectivity index (χ1v) is 6.68. The largest absolute Gasteiger partial charge is 0.416 e. The third-order valence-electron chi connectivity index (χ3n) is 3.53. The molecule has 0 saturated heterocycles. The van der Waals surface area contributed by atoms with Crippen LogP contribution in [0.1, 0.15) is 29.2 Å². The molecule has 21 heavy (non-hydrogen) atoms. The average molecular weight is 297 g/mol. The van der Waals surface area contributed by atoms with Crippen LogP contribution < -0.4 is 0 Å². The number of aryl methyl sites for hydroxylation is 1. The minimum atomic E-state index is -4.32. The first-order chi connectivity index (χ1) is 9.91. The minimum Gasteiger partial charge on any atom is -0.393 e. The molecule has 0 amide bonds. The van der Waals surface area contributed by atoms with E-state index in [0.29, 0.717) is 31.6 Å². The highest BCUT2D eigenvalue weighted by molar-refractivity contribution is 5.26. The number of aromatic nitrogens is 3. The average Bonchev–Trinajstić information content (AvgIpc) is 2.79. The monoisotopic (exact) mass is 297 g/mol. The molecule has 3 rings (SSSR count). The molecule has 0 spiro atoms. The summed E-state index contributed by atoms with van der Waals surface area (Å²) in [6.07, 6.45) is -3.20. The smallest absolute Gasteiger partial charge is 0.393 e. The summed E-state index contributed by atoms with van der Waals surface area (Å²) in [6, 6.07) is 5.01. The Morgan fingerprint density at radius 3 is 2.62 bits per heavy atom. The number of fused-ring (bicyclic) bond motifs is 1. The van der Waals surface area contributed by atoms with Gasteiger partial charge in [0, 0.05) is 19.4 Å². The van der Waals surface area contributed by atoms with Crippen LogP contribution in [0.4, 0.5) is 13.2 Å². The Balaban J connectivity index is 1.75. The van der Waals surface area contributed by atoms with E-state index in [9.17, 15) is 18.3 Å². The zero-order valence-corrected chi connectivity index (χ0v) is 11.1. The van der Waals surface area contributed by atoms with Gasteiger partial charge in [0.25, 0.3) is 0 Å². The molecule has 7 heteroatoms. The van der Waals surface area contributed by atoms with Crippen molar-refractivity contribution in [2.24, 2.45) is 0 Å². The summed E-state index contributed by atoms with van der Waals surface area (Å²) >= 11 is 0. The molecule has 2 heterocycles. The van der Waals surface area contributed by atoms with E-state index in [1.54, 1.807) is 4.68 Å². The van der Waals surface area contributed by atoms with Crippen LogP contribution in [0.3, 0.4) is 0 Å². The van der Waals surface area contributed by atoms with Crippen molar-refractivity contribution < 1.29 is 18.3 Å². The number of rotatable bonds is 2. The highest BCUT2D eigenvalue weighted by Crippen LogP contribution is 2.29. The van der Waals surface area contributed by atoms with Crippen molar-refractivity contribution in [3.8, 4) is 0 Å². The Morgan fingerprint density at radius 1 is 1.24 bits per heavy atom. The summed E-state index contributed by atoms with van der Waals surface area (Å²) < 4.78 is 39.2. The van der Waals surface area contributed by atoms with Crippen LogP contribution in [-0.2, 0) is 25.6 Å². The number of nitrogens with zero attached hydrogens (tertiary/aromatic N) is 3. The molecule has 112 valence electrons. The molecule has 1 aliphatic rings. The molecular formula is C14H14F3N3O. The second-order valence-corrected chi connectivity index (χ2v) is 5.19. The van der Waals surface area contributed by atoms with Gasteiger partial charge in [0.05, 0.1) is 11.7 Å². The molecule has 1 aliphatic heterocycles. The zero-order chi connectivity index (χ0) is 15.0. The van der Waals surface area contributed by atoms with Gasteiger partial charge in [-0.2, -0.15) is 18.3 Å². The predicted molar refractivity (Wildman–Crippen MR) is 68.6 cm³/mol. The van der Waals surface area contributed by atoms with Crippen LogP contribution >= 0.6 is 0 Å². The number of alkyl halides is 3. The first-order valence-electron chi connectivity index (χ1n) is 6.68. The summed E-state index contributed by atoms with van der Waals surface area (Å²) in [5.74, 6) is 1.30. The Morgan fingerprint density at radius 2 is 1.95 bits per heavy atom. The fraction of sp³-hybridized carbons (Fsp3) is 0.429. The molecule has 4 nitrogen and oxygen atoms in total. The van der Waals surface area contributed by atoms with Gasteiger partial charge in [0.2, 0.25) is 0 Å². The summed E-state index contributed by atoms with van der Waals surface area (Å²) in [5, 5.41) is 13.9. The first kappa shape index (κ1) is 14.1. The van der Waals surface area contributed by atoms with Crippen molar-refractivity contribution in [2.75, 3.05) is 0 Å². The topological polar surface area (TPSA) is 50.9 Å². The van der Waals surface area contributed by atoms with Gasteiger partial charge >= 0.3 is 6.18 Å². The molecule has 0 bridgehead atoms. The van der Waals surface area contributed by atoms with Gasteiger partial charge in [-0.05, 0) is 24.1 Å². The Kier molecular flexibility index (Phi) is 3.44. The Hall–Kier alpha value is -1.89. The van der Waals surface area contributed by atoms with Crippen LogP contribution in [0.2, 0.25) is 0 Å². The highest BCUT2D eigenvalue weighted by atomic mass is 19.4. The maximum atomic E-state index is 12.5. The van der Waals surface area contributed by atoms with Crippen LogP contribution in [0.15, 0.2) is 24.3 Å². The molecular weight excluding hydrogens is 283 g/mol. The van der Waals surface area contributed by atoms with Crippen LogP contribution in [0.5, 0.6) is 0 Å². The van der Waals surface area contributed by atoms with Gasteiger partial charge in [-0.3, -0.25) is 0 Å². The molecule has 1 N–H and O–H groups in total.